The highest BCUT2D eigenvalue weighted by Crippen LogP contribution is 2.28. The van der Waals surface area contributed by atoms with E-state index in [0.717, 1.165) is 33.5 Å². The summed E-state index contributed by atoms with van der Waals surface area (Å²) in [6, 6.07) is 15.4. The fourth-order valence-electron chi connectivity index (χ4n) is 3.44. The van der Waals surface area contributed by atoms with Crippen molar-refractivity contribution in [2.24, 2.45) is 0 Å². The van der Waals surface area contributed by atoms with Crippen LogP contribution in [0.25, 0.3) is 17.0 Å². The molecular weight excluding hydrogens is 400 g/mol. The smallest absolute Gasteiger partial charge is 0.348 e. The minimum absolute atomic E-state index is 0.0177. The molecule has 0 aliphatic carbocycles. The number of hydrogen-bond acceptors (Lipinski definition) is 4. The lowest BCUT2D eigenvalue weighted by Gasteiger charge is -2.12. The Morgan fingerprint density at radius 3 is 2.70 bits per heavy atom. The number of aromatic nitrogens is 1. The highest BCUT2D eigenvalue weighted by molar-refractivity contribution is 6.30. The number of nitriles is 1. The molecule has 0 N–H and O–H groups in total. The van der Waals surface area contributed by atoms with E-state index in [4.69, 9.17) is 21.1 Å². The molecular formula is C24H23ClN2O3. The fourth-order valence-corrected chi connectivity index (χ4v) is 3.67. The van der Waals surface area contributed by atoms with Gasteiger partial charge in [0, 0.05) is 27.2 Å². The molecule has 0 radical (unpaired) electrons. The highest BCUT2D eigenvalue weighted by Gasteiger charge is 2.16. The van der Waals surface area contributed by atoms with Crippen LogP contribution in [0.5, 0.6) is 5.75 Å². The van der Waals surface area contributed by atoms with E-state index >= 15 is 0 Å². The summed E-state index contributed by atoms with van der Waals surface area (Å²) < 4.78 is 13.1. The number of ether oxygens (including phenoxy) is 2. The van der Waals surface area contributed by atoms with Gasteiger partial charge in [-0.1, -0.05) is 29.8 Å². The van der Waals surface area contributed by atoms with Crippen LogP contribution < -0.4 is 4.74 Å². The first kappa shape index (κ1) is 21.5. The Bertz CT molecular complexity index is 1160. The molecule has 0 saturated heterocycles. The number of hydrogen-bond donors (Lipinski definition) is 0. The van der Waals surface area contributed by atoms with Gasteiger partial charge in [0.05, 0.1) is 13.2 Å². The van der Waals surface area contributed by atoms with Crippen LogP contribution in [0.1, 0.15) is 23.7 Å². The van der Waals surface area contributed by atoms with E-state index in [2.05, 4.69) is 4.57 Å². The molecule has 154 valence electrons. The summed E-state index contributed by atoms with van der Waals surface area (Å²) in [6.45, 7) is 6.95. The number of carbonyl (C=O) groups is 1. The van der Waals surface area contributed by atoms with Crippen molar-refractivity contribution in [2.45, 2.75) is 27.3 Å². The number of esters is 1. The fraction of sp³-hybridized carbons (Fsp3) is 0.250. The molecule has 6 heteroatoms. The van der Waals surface area contributed by atoms with Crippen molar-refractivity contribution < 1.29 is 14.3 Å². The summed E-state index contributed by atoms with van der Waals surface area (Å²) in [5.74, 6) is 0.181. The van der Waals surface area contributed by atoms with E-state index in [1.54, 1.807) is 13.0 Å². The first-order chi connectivity index (χ1) is 14.5. The first-order valence-corrected chi connectivity index (χ1v) is 10.1. The van der Waals surface area contributed by atoms with Crippen LogP contribution in [0, 0.1) is 25.2 Å². The Labute approximate surface area is 181 Å². The van der Waals surface area contributed by atoms with Crippen molar-refractivity contribution in [1.82, 2.24) is 4.57 Å². The van der Waals surface area contributed by atoms with E-state index < -0.39 is 5.97 Å². The maximum atomic E-state index is 12.1. The van der Waals surface area contributed by atoms with Crippen molar-refractivity contribution >= 4 is 34.5 Å². The predicted molar refractivity (Wildman–Crippen MR) is 119 cm³/mol. The van der Waals surface area contributed by atoms with Crippen LogP contribution >= 0.6 is 11.6 Å². The van der Waals surface area contributed by atoms with Crippen LogP contribution in [0.4, 0.5) is 0 Å². The Balaban J connectivity index is 1.92. The van der Waals surface area contributed by atoms with Crippen molar-refractivity contribution in [3.05, 3.63) is 69.9 Å². The summed E-state index contributed by atoms with van der Waals surface area (Å²) in [6.07, 6.45) is 1.61. The number of para-hydroxylation sites is 1. The standard InChI is InChI=1S/C24H23ClN2O3/c1-4-29-24(28)18(15-26)14-21-17(3)27(22-8-6-5-7-20(21)22)11-12-30-23-10-9-19(25)13-16(23)2/h5-10,13-14H,4,11-12H2,1-3H3/b18-14+. The van der Waals surface area contributed by atoms with E-state index in [1.165, 1.54) is 0 Å². The zero-order valence-corrected chi connectivity index (χ0v) is 18.0. The first-order valence-electron chi connectivity index (χ1n) is 9.72. The minimum atomic E-state index is -0.613. The number of rotatable bonds is 7. The lowest BCUT2D eigenvalue weighted by atomic mass is 10.1. The molecule has 0 amide bonds. The molecule has 0 fully saturated rings. The number of nitrogens with zero attached hydrogens (tertiary/aromatic N) is 2. The maximum absolute atomic E-state index is 12.1. The number of fused-ring (bicyclic) bond motifs is 1. The topological polar surface area (TPSA) is 64.2 Å². The Morgan fingerprint density at radius 1 is 1.23 bits per heavy atom. The van der Waals surface area contributed by atoms with Gasteiger partial charge in [-0.2, -0.15) is 5.26 Å². The summed E-state index contributed by atoms with van der Waals surface area (Å²) in [7, 11) is 0. The maximum Gasteiger partial charge on any atom is 0.348 e. The molecule has 5 nitrogen and oxygen atoms in total. The molecule has 0 bridgehead atoms. The summed E-state index contributed by atoms with van der Waals surface area (Å²) >= 11 is 6.01. The molecule has 30 heavy (non-hydrogen) atoms. The zero-order valence-electron chi connectivity index (χ0n) is 17.2. The van der Waals surface area contributed by atoms with Gasteiger partial charge in [-0.05, 0) is 56.7 Å². The Hall–Kier alpha value is -3.23. The average molecular weight is 423 g/mol. The van der Waals surface area contributed by atoms with Crippen molar-refractivity contribution in [1.29, 1.82) is 5.26 Å². The number of aryl methyl sites for hydroxylation is 1. The number of benzene rings is 2. The molecule has 1 heterocycles. The van der Waals surface area contributed by atoms with Crippen molar-refractivity contribution in [2.75, 3.05) is 13.2 Å². The second-order valence-electron chi connectivity index (χ2n) is 6.82. The molecule has 3 rings (SSSR count). The van der Waals surface area contributed by atoms with Gasteiger partial charge in [-0.25, -0.2) is 4.79 Å². The van der Waals surface area contributed by atoms with E-state index in [9.17, 15) is 10.1 Å². The van der Waals surface area contributed by atoms with E-state index in [1.807, 2.05) is 62.4 Å². The number of carbonyl (C=O) groups excluding carboxylic acids is 1. The Kier molecular flexibility index (Phi) is 6.81. The minimum Gasteiger partial charge on any atom is -0.491 e. The van der Waals surface area contributed by atoms with Gasteiger partial charge in [0.15, 0.2) is 0 Å². The van der Waals surface area contributed by atoms with Gasteiger partial charge >= 0.3 is 5.97 Å². The van der Waals surface area contributed by atoms with Crippen LogP contribution in [-0.4, -0.2) is 23.8 Å². The highest BCUT2D eigenvalue weighted by atomic mass is 35.5. The largest absolute Gasteiger partial charge is 0.491 e. The van der Waals surface area contributed by atoms with Crippen LogP contribution in [0.15, 0.2) is 48.0 Å². The third-order valence-electron chi connectivity index (χ3n) is 4.89. The molecule has 0 saturated carbocycles. The monoisotopic (exact) mass is 422 g/mol. The summed E-state index contributed by atoms with van der Waals surface area (Å²) in [4.78, 5) is 12.1. The van der Waals surface area contributed by atoms with Gasteiger partial charge in [-0.15, -0.1) is 0 Å². The lowest BCUT2D eigenvalue weighted by molar-refractivity contribution is -0.137. The second kappa shape index (κ2) is 9.51. The molecule has 0 aliphatic heterocycles. The predicted octanol–water partition coefficient (Wildman–Crippen LogP) is 5.46. The third-order valence-corrected chi connectivity index (χ3v) is 5.13. The Morgan fingerprint density at radius 2 is 2.00 bits per heavy atom. The van der Waals surface area contributed by atoms with Gasteiger partial charge in [0.1, 0.15) is 24.0 Å². The van der Waals surface area contributed by atoms with E-state index in [-0.39, 0.29) is 12.2 Å². The van der Waals surface area contributed by atoms with Crippen molar-refractivity contribution in [3.8, 4) is 11.8 Å². The van der Waals surface area contributed by atoms with Crippen LogP contribution in [-0.2, 0) is 16.1 Å². The SMILES string of the molecule is CCOC(=O)/C(C#N)=C/c1c(C)n(CCOc2ccc(Cl)cc2C)c2ccccc12. The van der Waals surface area contributed by atoms with Gasteiger partial charge in [-0.3, -0.25) is 0 Å². The molecule has 2 aromatic carbocycles. The van der Waals surface area contributed by atoms with Crippen LogP contribution in [0.3, 0.4) is 0 Å². The zero-order chi connectivity index (χ0) is 21.7. The average Bonchev–Trinajstić information content (AvgIpc) is 2.99. The van der Waals surface area contributed by atoms with Crippen molar-refractivity contribution in [3.63, 3.8) is 0 Å². The number of halogens is 1. The molecule has 0 spiro atoms. The third kappa shape index (κ3) is 4.50. The lowest BCUT2D eigenvalue weighted by Crippen LogP contribution is -2.10. The molecule has 0 aliphatic rings. The summed E-state index contributed by atoms with van der Waals surface area (Å²) in [5.41, 5.74) is 3.76. The van der Waals surface area contributed by atoms with Gasteiger partial charge < -0.3 is 14.0 Å². The second-order valence-corrected chi connectivity index (χ2v) is 7.25. The molecule has 3 aromatic rings. The normalized spacial score (nSPS) is 11.4. The van der Waals surface area contributed by atoms with Gasteiger partial charge in [0.25, 0.3) is 0 Å². The molecule has 0 unspecified atom stereocenters. The summed E-state index contributed by atoms with van der Waals surface area (Å²) in [5, 5.41) is 11.1. The molecule has 1 aromatic heterocycles. The van der Waals surface area contributed by atoms with Gasteiger partial charge in [0.2, 0.25) is 0 Å². The molecule has 0 atom stereocenters. The van der Waals surface area contributed by atoms with Crippen LogP contribution in [0.2, 0.25) is 5.02 Å². The quantitative estimate of drug-likeness (QED) is 0.288. The van der Waals surface area contributed by atoms with E-state index in [0.29, 0.717) is 18.2 Å².